The first kappa shape index (κ1) is 17.8. The molecule has 1 unspecified atom stereocenters. The van der Waals surface area contributed by atoms with Gasteiger partial charge in [0.25, 0.3) is 5.56 Å². The monoisotopic (exact) mass is 361 g/mol. The van der Waals surface area contributed by atoms with Crippen LogP contribution in [-0.2, 0) is 27.8 Å². The van der Waals surface area contributed by atoms with E-state index in [-0.39, 0.29) is 12.2 Å². The highest BCUT2D eigenvalue weighted by atomic mass is 31.2. The Morgan fingerprint density at radius 1 is 1.46 bits per heavy atom. The molecule has 0 saturated carbocycles. The van der Waals surface area contributed by atoms with Crippen molar-refractivity contribution in [2.75, 3.05) is 27.4 Å². The molecule has 9 nitrogen and oxygen atoms in total. The van der Waals surface area contributed by atoms with Crippen molar-refractivity contribution in [2.45, 2.75) is 30.5 Å². The first-order valence-electron chi connectivity index (χ1n) is 7.45. The fraction of sp³-hybridized carbons (Fsp3) is 0.643. The summed E-state index contributed by atoms with van der Waals surface area (Å²) in [5.41, 5.74) is -1.25. The Labute approximate surface area is 138 Å². The molecule has 2 saturated heterocycles. The van der Waals surface area contributed by atoms with Gasteiger partial charge in [-0.25, -0.2) is 4.57 Å². The molecule has 0 spiro atoms. The van der Waals surface area contributed by atoms with Gasteiger partial charge >= 0.3 is 7.82 Å². The SMILES string of the molecule is COCC[C@@]12CO[C@H]([C@H](n3ccccc3=O)O1)[C@@H]2OP(=O)(O)OC. The van der Waals surface area contributed by atoms with Gasteiger partial charge < -0.3 is 19.1 Å². The molecule has 2 fully saturated rings. The predicted octanol–water partition coefficient (Wildman–Crippen LogP) is 0.683. The molecule has 0 amide bonds. The van der Waals surface area contributed by atoms with Crippen LogP contribution in [0.2, 0.25) is 0 Å². The molecule has 24 heavy (non-hydrogen) atoms. The molecule has 2 aliphatic rings. The maximum absolute atomic E-state index is 12.1. The summed E-state index contributed by atoms with van der Waals surface area (Å²) in [6.45, 7) is 0.516. The van der Waals surface area contributed by atoms with E-state index in [1.165, 1.54) is 10.6 Å². The van der Waals surface area contributed by atoms with Crippen LogP contribution in [0, 0.1) is 0 Å². The Morgan fingerprint density at radius 2 is 2.25 bits per heavy atom. The van der Waals surface area contributed by atoms with Crippen molar-refractivity contribution < 1.29 is 32.7 Å². The van der Waals surface area contributed by atoms with Gasteiger partial charge in [-0.3, -0.25) is 18.4 Å². The van der Waals surface area contributed by atoms with Crippen LogP contribution >= 0.6 is 7.82 Å². The number of fused-ring (bicyclic) bond motifs is 2. The average Bonchev–Trinajstić information content (AvgIpc) is 3.05. The normalized spacial score (nSPS) is 34.4. The summed E-state index contributed by atoms with van der Waals surface area (Å²) >= 11 is 0. The van der Waals surface area contributed by atoms with Gasteiger partial charge in [0.2, 0.25) is 0 Å². The summed E-state index contributed by atoms with van der Waals surface area (Å²) < 4.78 is 40.0. The number of hydrogen-bond acceptors (Lipinski definition) is 7. The number of methoxy groups -OCH3 is 1. The van der Waals surface area contributed by atoms with E-state index in [0.29, 0.717) is 13.0 Å². The molecule has 1 aromatic heterocycles. The van der Waals surface area contributed by atoms with Gasteiger partial charge in [-0.2, -0.15) is 0 Å². The summed E-state index contributed by atoms with van der Waals surface area (Å²) in [6.07, 6.45) is -0.372. The van der Waals surface area contributed by atoms with Crippen molar-refractivity contribution in [2.24, 2.45) is 0 Å². The lowest BCUT2D eigenvalue weighted by molar-refractivity contribution is -0.180. The molecule has 10 heteroatoms. The van der Waals surface area contributed by atoms with Gasteiger partial charge in [-0.05, 0) is 6.07 Å². The zero-order valence-electron chi connectivity index (χ0n) is 13.4. The van der Waals surface area contributed by atoms with Crippen LogP contribution in [0.5, 0.6) is 0 Å². The van der Waals surface area contributed by atoms with E-state index in [4.69, 9.17) is 18.7 Å². The minimum Gasteiger partial charge on any atom is -0.385 e. The van der Waals surface area contributed by atoms with E-state index in [9.17, 15) is 14.3 Å². The van der Waals surface area contributed by atoms with E-state index in [2.05, 4.69) is 4.52 Å². The Balaban J connectivity index is 1.93. The number of rotatable bonds is 7. The number of nitrogens with zero attached hydrogens (tertiary/aromatic N) is 1. The molecular formula is C14H20NO8P. The minimum atomic E-state index is -4.25. The number of aromatic nitrogens is 1. The molecule has 0 radical (unpaired) electrons. The lowest BCUT2D eigenvalue weighted by Crippen LogP contribution is -2.42. The van der Waals surface area contributed by atoms with Crippen molar-refractivity contribution in [3.05, 3.63) is 34.7 Å². The van der Waals surface area contributed by atoms with Crippen LogP contribution < -0.4 is 5.56 Å². The molecule has 2 bridgehead atoms. The van der Waals surface area contributed by atoms with Crippen LogP contribution in [0.15, 0.2) is 29.2 Å². The van der Waals surface area contributed by atoms with Crippen LogP contribution in [0.3, 0.4) is 0 Å². The van der Waals surface area contributed by atoms with E-state index in [1.54, 1.807) is 25.4 Å². The maximum Gasteiger partial charge on any atom is 0.472 e. The molecule has 1 N–H and O–H groups in total. The minimum absolute atomic E-state index is 0.174. The van der Waals surface area contributed by atoms with Crippen LogP contribution in [-0.4, -0.2) is 54.7 Å². The fourth-order valence-electron chi connectivity index (χ4n) is 3.10. The van der Waals surface area contributed by atoms with Crippen LogP contribution in [0.4, 0.5) is 0 Å². The highest BCUT2D eigenvalue weighted by molar-refractivity contribution is 7.47. The summed E-state index contributed by atoms with van der Waals surface area (Å²) in [6, 6.07) is 4.72. The molecule has 1 aromatic rings. The Bertz CT molecular complexity index is 693. The summed E-state index contributed by atoms with van der Waals surface area (Å²) in [4.78, 5) is 21.8. The number of pyridine rings is 1. The quantitative estimate of drug-likeness (QED) is 0.707. The predicted molar refractivity (Wildman–Crippen MR) is 81.5 cm³/mol. The fourth-order valence-corrected chi connectivity index (χ4v) is 3.79. The van der Waals surface area contributed by atoms with E-state index >= 15 is 0 Å². The van der Waals surface area contributed by atoms with Gasteiger partial charge in [0.1, 0.15) is 17.8 Å². The third kappa shape index (κ3) is 3.09. The molecule has 2 aliphatic heterocycles. The average molecular weight is 361 g/mol. The zero-order valence-corrected chi connectivity index (χ0v) is 14.3. The molecule has 3 rings (SSSR count). The van der Waals surface area contributed by atoms with E-state index in [1.807, 2.05) is 0 Å². The molecular weight excluding hydrogens is 341 g/mol. The Morgan fingerprint density at radius 3 is 2.92 bits per heavy atom. The second-order valence-electron chi connectivity index (χ2n) is 5.71. The molecule has 0 aliphatic carbocycles. The lowest BCUT2D eigenvalue weighted by atomic mass is 9.96. The van der Waals surface area contributed by atoms with E-state index in [0.717, 1.165) is 7.11 Å². The zero-order chi connectivity index (χ0) is 17.4. The van der Waals surface area contributed by atoms with Crippen molar-refractivity contribution >= 4 is 7.82 Å². The topological polar surface area (TPSA) is 105 Å². The maximum atomic E-state index is 12.1. The highest BCUT2D eigenvalue weighted by Gasteiger charge is 2.64. The second kappa shape index (κ2) is 6.68. The van der Waals surface area contributed by atoms with Crippen molar-refractivity contribution in [3.8, 4) is 0 Å². The summed E-state index contributed by atoms with van der Waals surface area (Å²) in [7, 11) is -1.62. The smallest absolute Gasteiger partial charge is 0.385 e. The molecule has 134 valence electrons. The third-order valence-electron chi connectivity index (χ3n) is 4.31. The number of hydrogen-bond donors (Lipinski definition) is 1. The van der Waals surface area contributed by atoms with Crippen LogP contribution in [0.25, 0.3) is 0 Å². The summed E-state index contributed by atoms with van der Waals surface area (Å²) in [5, 5.41) is 0. The van der Waals surface area contributed by atoms with Gasteiger partial charge in [0, 0.05) is 39.5 Å². The number of phosphoric acid groups is 1. The Hall–Kier alpha value is -1.06. The van der Waals surface area contributed by atoms with Crippen LogP contribution in [0.1, 0.15) is 12.6 Å². The lowest BCUT2D eigenvalue weighted by Gasteiger charge is -2.31. The molecule has 0 aromatic carbocycles. The van der Waals surface area contributed by atoms with E-state index < -0.39 is 31.9 Å². The number of ether oxygens (including phenoxy) is 3. The van der Waals surface area contributed by atoms with Crippen molar-refractivity contribution in [1.82, 2.24) is 4.57 Å². The van der Waals surface area contributed by atoms with Gasteiger partial charge in [-0.15, -0.1) is 0 Å². The van der Waals surface area contributed by atoms with Gasteiger partial charge in [0.05, 0.1) is 6.61 Å². The first-order chi connectivity index (χ1) is 11.4. The second-order valence-corrected chi connectivity index (χ2v) is 7.23. The first-order valence-corrected chi connectivity index (χ1v) is 8.94. The highest BCUT2D eigenvalue weighted by Crippen LogP contribution is 2.55. The van der Waals surface area contributed by atoms with Gasteiger partial charge in [0.15, 0.2) is 6.23 Å². The molecule has 3 heterocycles. The van der Waals surface area contributed by atoms with Gasteiger partial charge in [-0.1, -0.05) is 6.07 Å². The van der Waals surface area contributed by atoms with Crippen molar-refractivity contribution in [1.29, 1.82) is 0 Å². The number of phosphoric ester groups is 1. The Kier molecular flexibility index (Phi) is 4.94. The largest absolute Gasteiger partial charge is 0.472 e. The standard InChI is InChI=1S/C14H20NO8P/c1-19-8-6-14-9-21-11(12(14)23-24(17,18)20-2)13(22-14)15-7-4-3-5-10(15)16/h3-5,7,11-13H,6,8-9H2,1-2H3,(H,17,18)/t11-,12-,13+,14-/m0/s1. The summed E-state index contributed by atoms with van der Waals surface area (Å²) in [5.74, 6) is 0. The van der Waals surface area contributed by atoms with Crippen molar-refractivity contribution in [3.63, 3.8) is 0 Å². The third-order valence-corrected chi connectivity index (χ3v) is 5.26. The molecule has 5 atom stereocenters.